The summed E-state index contributed by atoms with van der Waals surface area (Å²) in [6.07, 6.45) is 7.89. The molecule has 0 spiro atoms. The first-order valence-corrected chi connectivity index (χ1v) is 7.01. The molecular formula is C15H22N2. The van der Waals surface area contributed by atoms with Crippen LogP contribution in [-0.4, -0.2) is 19.1 Å². The highest BCUT2D eigenvalue weighted by Gasteiger charge is 2.15. The Morgan fingerprint density at radius 3 is 3.06 bits per heavy atom. The third-order valence-corrected chi connectivity index (χ3v) is 4.06. The van der Waals surface area contributed by atoms with Crippen LogP contribution in [0.5, 0.6) is 0 Å². The lowest BCUT2D eigenvalue weighted by atomic mass is 9.93. The fourth-order valence-corrected chi connectivity index (χ4v) is 2.72. The Kier molecular flexibility index (Phi) is 3.32. The average molecular weight is 230 g/mol. The molecule has 2 heteroatoms. The molecule has 1 aromatic rings. The topological polar surface area (TPSA) is 24.1 Å². The molecule has 92 valence electrons. The summed E-state index contributed by atoms with van der Waals surface area (Å²) < 4.78 is 0. The second kappa shape index (κ2) is 5.09. The van der Waals surface area contributed by atoms with Crippen LogP contribution in [0.4, 0.5) is 5.69 Å². The third kappa shape index (κ3) is 2.63. The van der Waals surface area contributed by atoms with Gasteiger partial charge in [0.2, 0.25) is 0 Å². The molecule has 1 saturated carbocycles. The molecule has 0 unspecified atom stereocenters. The highest BCUT2D eigenvalue weighted by molar-refractivity contribution is 5.56. The zero-order chi connectivity index (χ0) is 11.5. The van der Waals surface area contributed by atoms with Crippen LogP contribution >= 0.6 is 0 Å². The van der Waals surface area contributed by atoms with Crippen molar-refractivity contribution < 1.29 is 0 Å². The van der Waals surface area contributed by atoms with Crippen molar-refractivity contribution in [1.29, 1.82) is 0 Å². The Balaban J connectivity index is 1.44. The zero-order valence-electron chi connectivity index (χ0n) is 10.5. The quantitative estimate of drug-likeness (QED) is 0.760. The Hall–Kier alpha value is -1.02. The fourth-order valence-electron chi connectivity index (χ4n) is 2.72. The molecule has 3 rings (SSSR count). The Labute approximate surface area is 104 Å². The first kappa shape index (κ1) is 11.1. The van der Waals surface area contributed by atoms with Crippen LogP contribution < -0.4 is 10.6 Å². The Morgan fingerprint density at radius 1 is 1.29 bits per heavy atom. The minimum atomic E-state index is 0.833. The van der Waals surface area contributed by atoms with Gasteiger partial charge in [-0.05, 0) is 55.8 Å². The summed E-state index contributed by atoms with van der Waals surface area (Å²) in [5, 5.41) is 7.04. The number of fused-ring (bicyclic) bond motifs is 1. The van der Waals surface area contributed by atoms with Crippen LogP contribution in [0.15, 0.2) is 18.2 Å². The lowest BCUT2D eigenvalue weighted by Gasteiger charge is -2.26. The van der Waals surface area contributed by atoms with Gasteiger partial charge >= 0.3 is 0 Å². The molecule has 1 fully saturated rings. The summed E-state index contributed by atoms with van der Waals surface area (Å²) in [4.78, 5) is 0. The molecule has 0 bridgehead atoms. The first-order valence-electron chi connectivity index (χ1n) is 7.01. The van der Waals surface area contributed by atoms with Gasteiger partial charge in [-0.25, -0.2) is 0 Å². The van der Waals surface area contributed by atoms with Crippen molar-refractivity contribution >= 4 is 5.69 Å². The zero-order valence-corrected chi connectivity index (χ0v) is 10.5. The Morgan fingerprint density at radius 2 is 2.24 bits per heavy atom. The minimum Gasteiger partial charge on any atom is -0.384 e. The van der Waals surface area contributed by atoms with E-state index in [2.05, 4.69) is 28.8 Å². The van der Waals surface area contributed by atoms with E-state index in [1.165, 1.54) is 61.9 Å². The standard InChI is InChI=1S/C15H22N2/c1-4-14(5-1)16-9-2-3-12-6-7-15-13(11-12)8-10-17-15/h6-7,11,14,16-17H,1-5,8-10H2. The van der Waals surface area contributed by atoms with Crippen molar-refractivity contribution in [2.45, 2.75) is 44.6 Å². The molecule has 1 aliphatic carbocycles. The van der Waals surface area contributed by atoms with Gasteiger partial charge in [-0.3, -0.25) is 0 Å². The summed E-state index contributed by atoms with van der Waals surface area (Å²) >= 11 is 0. The fraction of sp³-hybridized carbons (Fsp3) is 0.600. The van der Waals surface area contributed by atoms with Gasteiger partial charge in [0.05, 0.1) is 0 Å². The second-order valence-electron chi connectivity index (χ2n) is 5.35. The maximum Gasteiger partial charge on any atom is 0.0373 e. The van der Waals surface area contributed by atoms with Gasteiger partial charge in [0.1, 0.15) is 0 Å². The number of anilines is 1. The molecule has 17 heavy (non-hydrogen) atoms. The van der Waals surface area contributed by atoms with Crippen LogP contribution in [0, 0.1) is 0 Å². The number of nitrogens with one attached hydrogen (secondary N) is 2. The minimum absolute atomic E-state index is 0.833. The van der Waals surface area contributed by atoms with E-state index in [4.69, 9.17) is 0 Å². The van der Waals surface area contributed by atoms with Crippen LogP contribution in [0.25, 0.3) is 0 Å². The highest BCUT2D eigenvalue weighted by atomic mass is 14.9. The van der Waals surface area contributed by atoms with E-state index >= 15 is 0 Å². The molecular weight excluding hydrogens is 208 g/mol. The number of hydrogen-bond donors (Lipinski definition) is 2. The predicted molar refractivity (Wildman–Crippen MR) is 72.6 cm³/mol. The van der Waals surface area contributed by atoms with Crippen molar-refractivity contribution in [3.05, 3.63) is 29.3 Å². The van der Waals surface area contributed by atoms with Crippen molar-refractivity contribution in [2.75, 3.05) is 18.4 Å². The summed E-state index contributed by atoms with van der Waals surface area (Å²) in [5.74, 6) is 0. The lowest BCUT2D eigenvalue weighted by molar-refractivity contribution is 0.339. The molecule has 2 aliphatic rings. The van der Waals surface area contributed by atoms with Crippen molar-refractivity contribution in [2.24, 2.45) is 0 Å². The van der Waals surface area contributed by atoms with Gasteiger partial charge in [0.25, 0.3) is 0 Å². The monoisotopic (exact) mass is 230 g/mol. The van der Waals surface area contributed by atoms with E-state index in [0.29, 0.717) is 0 Å². The van der Waals surface area contributed by atoms with E-state index in [1.807, 2.05) is 0 Å². The molecule has 2 nitrogen and oxygen atoms in total. The molecule has 0 aromatic heterocycles. The molecule has 1 aromatic carbocycles. The molecule has 0 radical (unpaired) electrons. The molecule has 0 amide bonds. The maximum atomic E-state index is 3.63. The molecule has 1 aliphatic heterocycles. The van der Waals surface area contributed by atoms with E-state index < -0.39 is 0 Å². The smallest absolute Gasteiger partial charge is 0.0373 e. The van der Waals surface area contributed by atoms with Gasteiger partial charge in [-0.15, -0.1) is 0 Å². The number of benzene rings is 1. The number of aryl methyl sites for hydroxylation is 1. The summed E-state index contributed by atoms with van der Waals surface area (Å²) in [7, 11) is 0. The summed E-state index contributed by atoms with van der Waals surface area (Å²) in [5.41, 5.74) is 4.36. The summed E-state index contributed by atoms with van der Waals surface area (Å²) in [6, 6.07) is 7.75. The SMILES string of the molecule is c1cc2c(cc1CCCNC1CCC1)CCN2. The average Bonchev–Trinajstić information content (AvgIpc) is 2.73. The number of rotatable bonds is 5. The van der Waals surface area contributed by atoms with Crippen LogP contribution in [0.1, 0.15) is 36.8 Å². The van der Waals surface area contributed by atoms with Crippen molar-refractivity contribution in [3.8, 4) is 0 Å². The molecule has 2 N–H and O–H groups in total. The normalized spacial score (nSPS) is 18.6. The number of hydrogen-bond acceptors (Lipinski definition) is 2. The van der Waals surface area contributed by atoms with E-state index in [-0.39, 0.29) is 0 Å². The molecule has 1 heterocycles. The van der Waals surface area contributed by atoms with Crippen LogP contribution in [0.3, 0.4) is 0 Å². The van der Waals surface area contributed by atoms with Crippen LogP contribution in [-0.2, 0) is 12.8 Å². The van der Waals surface area contributed by atoms with Gasteiger partial charge < -0.3 is 10.6 Å². The van der Waals surface area contributed by atoms with Gasteiger partial charge in [-0.1, -0.05) is 18.6 Å². The predicted octanol–water partition coefficient (Wildman–Crippen LogP) is 2.73. The largest absolute Gasteiger partial charge is 0.384 e. The van der Waals surface area contributed by atoms with Gasteiger partial charge in [-0.2, -0.15) is 0 Å². The maximum absolute atomic E-state index is 3.63. The molecule has 0 atom stereocenters. The van der Waals surface area contributed by atoms with Gasteiger partial charge in [0.15, 0.2) is 0 Å². The van der Waals surface area contributed by atoms with E-state index in [1.54, 1.807) is 0 Å². The van der Waals surface area contributed by atoms with Gasteiger partial charge in [0, 0.05) is 18.3 Å². The first-order chi connectivity index (χ1) is 8.42. The summed E-state index contributed by atoms with van der Waals surface area (Å²) in [6.45, 7) is 2.29. The van der Waals surface area contributed by atoms with E-state index in [0.717, 1.165) is 12.6 Å². The highest BCUT2D eigenvalue weighted by Crippen LogP contribution is 2.23. The Bertz CT molecular complexity index is 383. The van der Waals surface area contributed by atoms with Crippen LogP contribution in [0.2, 0.25) is 0 Å². The van der Waals surface area contributed by atoms with E-state index in [9.17, 15) is 0 Å². The second-order valence-corrected chi connectivity index (χ2v) is 5.35. The molecule has 0 saturated heterocycles. The third-order valence-electron chi connectivity index (χ3n) is 4.06. The lowest BCUT2D eigenvalue weighted by Crippen LogP contribution is -2.35. The van der Waals surface area contributed by atoms with Crippen molar-refractivity contribution in [1.82, 2.24) is 5.32 Å². The van der Waals surface area contributed by atoms with Crippen molar-refractivity contribution in [3.63, 3.8) is 0 Å².